The van der Waals surface area contributed by atoms with Gasteiger partial charge in [-0.2, -0.15) is 4.31 Å². The van der Waals surface area contributed by atoms with E-state index in [0.29, 0.717) is 22.2 Å². The third kappa shape index (κ3) is 3.67. The van der Waals surface area contributed by atoms with E-state index in [9.17, 15) is 13.2 Å². The molecule has 0 aliphatic carbocycles. The lowest BCUT2D eigenvalue weighted by molar-refractivity contribution is -0.123. The van der Waals surface area contributed by atoms with E-state index >= 15 is 0 Å². The van der Waals surface area contributed by atoms with Crippen molar-refractivity contribution in [1.82, 2.24) is 4.31 Å². The number of piperazine rings is 1. The number of sulfonamides is 1. The van der Waals surface area contributed by atoms with Gasteiger partial charge in [0.2, 0.25) is 15.9 Å². The minimum Gasteiger partial charge on any atom is -0.497 e. The summed E-state index contributed by atoms with van der Waals surface area (Å²) < 4.78 is 37.8. The van der Waals surface area contributed by atoms with Crippen LogP contribution < -0.4 is 14.4 Å². The number of carbonyl (C=O) groups is 1. The van der Waals surface area contributed by atoms with Crippen LogP contribution in [0.2, 0.25) is 5.02 Å². The van der Waals surface area contributed by atoms with E-state index in [2.05, 4.69) is 0 Å². The SMILES string of the molecule is COc1ccc(OC)c(N2CCN(S(=O)(=O)c3ccc(Cl)cc3)[C@@H](C)C2=O)c1. The van der Waals surface area contributed by atoms with Gasteiger partial charge in [0.05, 0.1) is 24.8 Å². The molecule has 1 aliphatic rings. The quantitative estimate of drug-likeness (QED) is 0.737. The lowest BCUT2D eigenvalue weighted by atomic mass is 10.1. The fourth-order valence-corrected chi connectivity index (χ4v) is 4.87. The molecule has 1 heterocycles. The molecule has 1 saturated heterocycles. The number of rotatable bonds is 5. The Kier molecular flexibility index (Phi) is 5.83. The highest BCUT2D eigenvalue weighted by Gasteiger charge is 2.40. The summed E-state index contributed by atoms with van der Waals surface area (Å²) in [5.41, 5.74) is 0.544. The number of halogens is 1. The highest BCUT2D eigenvalue weighted by atomic mass is 35.5. The second-order valence-electron chi connectivity index (χ2n) is 6.27. The molecule has 28 heavy (non-hydrogen) atoms. The monoisotopic (exact) mass is 424 g/mol. The highest BCUT2D eigenvalue weighted by molar-refractivity contribution is 7.89. The maximum atomic E-state index is 13.0. The first-order chi connectivity index (χ1) is 13.3. The van der Waals surface area contributed by atoms with Crippen LogP contribution in [0.1, 0.15) is 6.92 Å². The van der Waals surface area contributed by atoms with Gasteiger partial charge in [-0.15, -0.1) is 0 Å². The van der Waals surface area contributed by atoms with E-state index in [1.807, 2.05) is 0 Å². The van der Waals surface area contributed by atoms with Crippen LogP contribution >= 0.6 is 11.6 Å². The third-order valence-corrected chi connectivity index (χ3v) is 6.93. The van der Waals surface area contributed by atoms with Gasteiger partial charge >= 0.3 is 0 Å². The van der Waals surface area contributed by atoms with Gasteiger partial charge in [-0.05, 0) is 43.3 Å². The minimum atomic E-state index is -3.82. The standard InChI is InChI=1S/C19H21ClN2O5S/c1-13-19(23)21(17-12-15(26-2)6-9-18(17)27-3)10-11-22(13)28(24,25)16-7-4-14(20)5-8-16/h4-9,12-13H,10-11H2,1-3H3/t13-/m0/s1. The van der Waals surface area contributed by atoms with Gasteiger partial charge in [-0.3, -0.25) is 4.79 Å². The largest absolute Gasteiger partial charge is 0.497 e. The zero-order valence-corrected chi connectivity index (χ0v) is 17.3. The summed E-state index contributed by atoms with van der Waals surface area (Å²) in [4.78, 5) is 14.7. The maximum Gasteiger partial charge on any atom is 0.245 e. The molecule has 3 rings (SSSR count). The predicted molar refractivity (Wildman–Crippen MR) is 107 cm³/mol. The van der Waals surface area contributed by atoms with Crippen molar-refractivity contribution < 1.29 is 22.7 Å². The Morgan fingerprint density at radius 2 is 1.71 bits per heavy atom. The van der Waals surface area contributed by atoms with Gasteiger partial charge < -0.3 is 14.4 Å². The molecule has 1 atom stereocenters. The summed E-state index contributed by atoms with van der Waals surface area (Å²) in [6.45, 7) is 1.92. The van der Waals surface area contributed by atoms with Crippen LogP contribution in [0.3, 0.4) is 0 Å². The van der Waals surface area contributed by atoms with Crippen LogP contribution in [-0.2, 0) is 14.8 Å². The lowest BCUT2D eigenvalue weighted by Crippen LogP contribution is -2.57. The van der Waals surface area contributed by atoms with Gasteiger partial charge in [-0.1, -0.05) is 11.6 Å². The molecule has 7 nitrogen and oxygen atoms in total. The van der Waals surface area contributed by atoms with Crippen LogP contribution in [0.4, 0.5) is 5.69 Å². The van der Waals surface area contributed by atoms with Crippen molar-refractivity contribution in [2.75, 3.05) is 32.2 Å². The summed E-state index contributed by atoms with van der Waals surface area (Å²) in [5, 5.41) is 0.443. The van der Waals surface area contributed by atoms with Crippen molar-refractivity contribution in [3.05, 3.63) is 47.5 Å². The number of carbonyl (C=O) groups excluding carboxylic acids is 1. The number of benzene rings is 2. The van der Waals surface area contributed by atoms with Gasteiger partial charge in [0.15, 0.2) is 0 Å². The van der Waals surface area contributed by atoms with E-state index < -0.39 is 16.1 Å². The molecule has 2 aromatic carbocycles. The van der Waals surface area contributed by atoms with Crippen molar-refractivity contribution in [2.45, 2.75) is 17.9 Å². The molecule has 0 radical (unpaired) electrons. The number of hydrogen-bond acceptors (Lipinski definition) is 5. The normalized spacial score (nSPS) is 18.2. The average molecular weight is 425 g/mol. The minimum absolute atomic E-state index is 0.101. The van der Waals surface area contributed by atoms with Crippen molar-refractivity contribution in [1.29, 1.82) is 0 Å². The molecule has 2 aromatic rings. The number of hydrogen-bond donors (Lipinski definition) is 0. The molecule has 0 aromatic heterocycles. The molecule has 1 amide bonds. The number of anilines is 1. The summed E-state index contributed by atoms with van der Waals surface area (Å²) in [6.07, 6.45) is 0. The number of nitrogens with zero attached hydrogens (tertiary/aromatic N) is 2. The van der Waals surface area contributed by atoms with E-state index in [-0.39, 0.29) is 23.9 Å². The van der Waals surface area contributed by atoms with Gasteiger partial charge in [0.1, 0.15) is 17.5 Å². The first kappa shape index (κ1) is 20.4. The number of methoxy groups -OCH3 is 2. The Morgan fingerprint density at radius 3 is 2.32 bits per heavy atom. The van der Waals surface area contributed by atoms with Gasteiger partial charge in [-0.25, -0.2) is 8.42 Å². The molecule has 0 unspecified atom stereocenters. The summed E-state index contributed by atoms with van der Waals surface area (Å²) in [7, 11) is -0.775. The molecule has 1 fully saturated rings. The summed E-state index contributed by atoms with van der Waals surface area (Å²) in [6, 6.07) is 10.2. The van der Waals surface area contributed by atoms with Crippen LogP contribution in [0.15, 0.2) is 47.4 Å². The van der Waals surface area contributed by atoms with Crippen molar-refractivity contribution in [3.8, 4) is 11.5 Å². The fraction of sp³-hybridized carbons (Fsp3) is 0.316. The molecule has 0 N–H and O–H groups in total. The summed E-state index contributed by atoms with van der Waals surface area (Å²) >= 11 is 5.85. The second kappa shape index (κ2) is 7.98. The van der Waals surface area contributed by atoms with E-state index in [4.69, 9.17) is 21.1 Å². The number of amides is 1. The predicted octanol–water partition coefficient (Wildman–Crippen LogP) is 2.78. The third-order valence-electron chi connectivity index (χ3n) is 4.70. The molecule has 0 saturated carbocycles. The summed E-state index contributed by atoms with van der Waals surface area (Å²) in [5.74, 6) is 0.748. The van der Waals surface area contributed by atoms with E-state index in [1.165, 1.54) is 47.7 Å². The Morgan fingerprint density at radius 1 is 1.04 bits per heavy atom. The molecule has 0 spiro atoms. The molecular weight excluding hydrogens is 404 g/mol. The molecule has 150 valence electrons. The Hall–Kier alpha value is -2.29. The van der Waals surface area contributed by atoms with Crippen molar-refractivity contribution >= 4 is 33.2 Å². The average Bonchev–Trinajstić information content (AvgIpc) is 2.69. The smallest absolute Gasteiger partial charge is 0.245 e. The van der Waals surface area contributed by atoms with Crippen LogP contribution in [-0.4, -0.2) is 52.0 Å². The van der Waals surface area contributed by atoms with Gasteiger partial charge in [0, 0.05) is 24.2 Å². The molecule has 0 bridgehead atoms. The second-order valence-corrected chi connectivity index (χ2v) is 8.60. The molecule has 1 aliphatic heterocycles. The van der Waals surface area contributed by atoms with Crippen LogP contribution in [0.5, 0.6) is 11.5 Å². The zero-order valence-electron chi connectivity index (χ0n) is 15.8. The Balaban J connectivity index is 1.91. The lowest BCUT2D eigenvalue weighted by Gasteiger charge is -2.38. The van der Waals surface area contributed by atoms with Crippen LogP contribution in [0.25, 0.3) is 0 Å². The van der Waals surface area contributed by atoms with Crippen molar-refractivity contribution in [2.24, 2.45) is 0 Å². The topological polar surface area (TPSA) is 76.2 Å². The zero-order chi connectivity index (χ0) is 20.5. The Bertz CT molecular complexity index is 978. The first-order valence-electron chi connectivity index (χ1n) is 8.60. The van der Waals surface area contributed by atoms with E-state index in [1.54, 1.807) is 25.1 Å². The highest BCUT2D eigenvalue weighted by Crippen LogP contribution is 2.35. The fourth-order valence-electron chi connectivity index (χ4n) is 3.17. The molecule has 9 heteroatoms. The first-order valence-corrected chi connectivity index (χ1v) is 10.4. The Labute approximate surface area is 169 Å². The van der Waals surface area contributed by atoms with E-state index in [0.717, 1.165) is 0 Å². The number of ether oxygens (including phenoxy) is 2. The maximum absolute atomic E-state index is 13.0. The van der Waals surface area contributed by atoms with Crippen molar-refractivity contribution in [3.63, 3.8) is 0 Å². The molecular formula is C19H21ClN2O5S. The van der Waals surface area contributed by atoms with Gasteiger partial charge in [0.25, 0.3) is 0 Å². The van der Waals surface area contributed by atoms with Crippen LogP contribution in [0, 0.1) is 0 Å².